The second kappa shape index (κ2) is 3.14. The lowest BCUT2D eigenvalue weighted by atomic mass is 10.1. The zero-order valence-corrected chi connectivity index (χ0v) is 8.03. The molecule has 0 aliphatic carbocycles. The van der Waals surface area contributed by atoms with E-state index >= 15 is 0 Å². The van der Waals surface area contributed by atoms with Crippen molar-refractivity contribution in [3.8, 4) is 0 Å². The van der Waals surface area contributed by atoms with Crippen molar-refractivity contribution in [1.82, 2.24) is 5.32 Å². The highest BCUT2D eigenvalue weighted by atomic mass is 32.2. The fraction of sp³-hybridized carbons (Fsp3) is 1.00. The Bertz CT molecular complexity index is 112. The maximum atomic E-state index is 3.51. The van der Waals surface area contributed by atoms with Gasteiger partial charge in [0.1, 0.15) is 0 Å². The molecular weight excluding hydrogens is 142 g/mol. The molecule has 1 N–H and O–H groups in total. The largest absolute Gasteiger partial charge is 0.302 e. The van der Waals surface area contributed by atoms with Crippen molar-refractivity contribution in [2.75, 3.05) is 0 Å². The minimum Gasteiger partial charge on any atom is -0.302 e. The van der Waals surface area contributed by atoms with Crippen molar-refractivity contribution in [3.05, 3.63) is 0 Å². The van der Waals surface area contributed by atoms with E-state index in [4.69, 9.17) is 0 Å². The van der Waals surface area contributed by atoms with Crippen LogP contribution < -0.4 is 5.32 Å². The first-order valence-electron chi connectivity index (χ1n) is 4.02. The summed E-state index contributed by atoms with van der Waals surface area (Å²) in [6, 6.07) is 0.640. The van der Waals surface area contributed by atoms with Crippen LogP contribution in [0.1, 0.15) is 27.7 Å². The summed E-state index contributed by atoms with van der Waals surface area (Å²) in [5.41, 5.74) is 0. The number of nitrogens with one attached hydrogen (secondary N) is 1. The smallest absolute Gasteiger partial charge is 0.0661 e. The second-order valence-electron chi connectivity index (χ2n) is 3.59. The molecule has 1 aliphatic heterocycles. The molecule has 0 spiro atoms. The van der Waals surface area contributed by atoms with E-state index in [-0.39, 0.29) is 0 Å². The Labute approximate surface area is 68.0 Å². The third-order valence-corrected chi connectivity index (χ3v) is 3.22. The van der Waals surface area contributed by atoms with Gasteiger partial charge in [-0.2, -0.15) is 0 Å². The minimum absolute atomic E-state index is 0.640. The van der Waals surface area contributed by atoms with Gasteiger partial charge in [-0.05, 0) is 19.8 Å². The van der Waals surface area contributed by atoms with Gasteiger partial charge in [-0.3, -0.25) is 0 Å². The quantitative estimate of drug-likeness (QED) is 0.633. The van der Waals surface area contributed by atoms with Gasteiger partial charge in [0.15, 0.2) is 0 Å². The highest BCUT2D eigenvalue weighted by Crippen LogP contribution is 2.44. The van der Waals surface area contributed by atoms with Crippen molar-refractivity contribution in [1.29, 1.82) is 0 Å². The summed E-state index contributed by atoms with van der Waals surface area (Å²) in [4.78, 5) is 0. The van der Waals surface area contributed by atoms with Crippen LogP contribution >= 0.6 is 11.8 Å². The molecule has 1 nitrogen and oxygen atoms in total. The van der Waals surface area contributed by atoms with Gasteiger partial charge < -0.3 is 5.32 Å². The zero-order chi connectivity index (χ0) is 7.72. The zero-order valence-electron chi connectivity index (χ0n) is 7.22. The van der Waals surface area contributed by atoms with E-state index in [2.05, 4.69) is 44.8 Å². The van der Waals surface area contributed by atoms with Gasteiger partial charge in [0.05, 0.1) is 5.37 Å². The van der Waals surface area contributed by atoms with E-state index in [0.717, 1.165) is 16.5 Å². The normalized spacial score (nSPS) is 31.8. The average Bonchev–Trinajstić information content (AvgIpc) is 2.43. The summed E-state index contributed by atoms with van der Waals surface area (Å²) >= 11 is 2.06. The fourth-order valence-electron chi connectivity index (χ4n) is 1.09. The van der Waals surface area contributed by atoms with Crippen molar-refractivity contribution in [2.24, 2.45) is 5.92 Å². The fourth-order valence-corrected chi connectivity index (χ4v) is 2.40. The summed E-state index contributed by atoms with van der Waals surface area (Å²) in [6.45, 7) is 8.99. The first-order valence-corrected chi connectivity index (χ1v) is 4.97. The van der Waals surface area contributed by atoms with Crippen molar-refractivity contribution in [3.63, 3.8) is 0 Å². The van der Waals surface area contributed by atoms with Gasteiger partial charge in [-0.15, -0.1) is 11.8 Å². The molecule has 2 heteroatoms. The number of thioether (sulfide) groups is 1. The average molecular weight is 159 g/mol. The van der Waals surface area contributed by atoms with E-state index in [0.29, 0.717) is 6.04 Å². The SMILES string of the molecule is CC(C)NC1SC1C(C)C. The number of rotatable bonds is 3. The Kier molecular flexibility index (Phi) is 2.64. The molecule has 1 heterocycles. The highest BCUT2D eigenvalue weighted by Gasteiger charge is 2.40. The van der Waals surface area contributed by atoms with Crippen LogP contribution in [0.2, 0.25) is 0 Å². The molecule has 60 valence electrons. The van der Waals surface area contributed by atoms with Gasteiger partial charge in [0.2, 0.25) is 0 Å². The van der Waals surface area contributed by atoms with Crippen LogP contribution in [0, 0.1) is 5.92 Å². The lowest BCUT2D eigenvalue weighted by Gasteiger charge is -2.06. The van der Waals surface area contributed by atoms with Crippen LogP contribution in [0.5, 0.6) is 0 Å². The molecule has 1 saturated heterocycles. The molecule has 2 unspecified atom stereocenters. The monoisotopic (exact) mass is 159 g/mol. The Morgan fingerprint density at radius 2 is 1.80 bits per heavy atom. The van der Waals surface area contributed by atoms with Gasteiger partial charge >= 0.3 is 0 Å². The summed E-state index contributed by atoms with van der Waals surface area (Å²) < 4.78 is 0. The van der Waals surface area contributed by atoms with E-state index < -0.39 is 0 Å². The Morgan fingerprint density at radius 1 is 1.20 bits per heavy atom. The van der Waals surface area contributed by atoms with Crippen molar-refractivity contribution in [2.45, 2.75) is 44.4 Å². The van der Waals surface area contributed by atoms with Crippen LogP contribution in [0.4, 0.5) is 0 Å². The van der Waals surface area contributed by atoms with E-state index in [1.165, 1.54) is 0 Å². The summed E-state index contributed by atoms with van der Waals surface area (Å²) in [7, 11) is 0. The molecular formula is C8H17NS. The molecule has 0 aromatic rings. The van der Waals surface area contributed by atoms with Crippen LogP contribution in [0.15, 0.2) is 0 Å². The van der Waals surface area contributed by atoms with E-state index in [9.17, 15) is 0 Å². The molecule has 2 atom stereocenters. The third kappa shape index (κ3) is 2.17. The van der Waals surface area contributed by atoms with E-state index in [1.54, 1.807) is 0 Å². The molecule has 0 radical (unpaired) electrons. The molecule has 10 heavy (non-hydrogen) atoms. The standard InChI is InChI=1S/C8H17NS/c1-5(2)7-8(10-7)9-6(3)4/h5-9H,1-4H3. The molecule has 0 bridgehead atoms. The van der Waals surface area contributed by atoms with Crippen LogP contribution in [0.25, 0.3) is 0 Å². The highest BCUT2D eigenvalue weighted by molar-refractivity contribution is 8.07. The van der Waals surface area contributed by atoms with Gasteiger partial charge in [-0.25, -0.2) is 0 Å². The molecule has 1 fully saturated rings. The second-order valence-corrected chi connectivity index (χ2v) is 4.91. The molecule has 1 rings (SSSR count). The Morgan fingerprint density at radius 3 is 2.10 bits per heavy atom. The third-order valence-electron chi connectivity index (χ3n) is 1.68. The molecule has 1 aliphatic rings. The molecule has 0 aromatic carbocycles. The van der Waals surface area contributed by atoms with Crippen LogP contribution in [-0.4, -0.2) is 16.7 Å². The lowest BCUT2D eigenvalue weighted by Crippen LogP contribution is -2.27. The first kappa shape index (κ1) is 8.41. The van der Waals surface area contributed by atoms with Gasteiger partial charge in [0.25, 0.3) is 0 Å². The van der Waals surface area contributed by atoms with Crippen molar-refractivity contribution < 1.29 is 0 Å². The maximum Gasteiger partial charge on any atom is 0.0661 e. The molecule has 0 saturated carbocycles. The maximum absolute atomic E-state index is 3.51. The summed E-state index contributed by atoms with van der Waals surface area (Å²) in [5.74, 6) is 0.834. The predicted octanol–water partition coefficient (Wildman–Crippen LogP) is 2.08. The molecule has 0 aromatic heterocycles. The lowest BCUT2D eigenvalue weighted by molar-refractivity contribution is 0.535. The Hall–Kier alpha value is 0.310. The molecule has 0 amide bonds. The first-order chi connectivity index (χ1) is 4.61. The van der Waals surface area contributed by atoms with E-state index in [1.807, 2.05) is 0 Å². The number of hydrogen-bond donors (Lipinski definition) is 1. The predicted molar refractivity (Wildman–Crippen MR) is 48.3 cm³/mol. The van der Waals surface area contributed by atoms with Gasteiger partial charge in [-0.1, -0.05) is 13.8 Å². The van der Waals surface area contributed by atoms with Crippen molar-refractivity contribution >= 4 is 11.8 Å². The summed E-state index contributed by atoms with van der Waals surface area (Å²) in [5, 5.41) is 5.14. The van der Waals surface area contributed by atoms with Crippen LogP contribution in [0.3, 0.4) is 0 Å². The Balaban J connectivity index is 2.13. The topological polar surface area (TPSA) is 12.0 Å². The van der Waals surface area contributed by atoms with Gasteiger partial charge in [0, 0.05) is 11.3 Å². The number of hydrogen-bond acceptors (Lipinski definition) is 2. The minimum atomic E-state index is 0.640. The van der Waals surface area contributed by atoms with Crippen LogP contribution in [-0.2, 0) is 0 Å². The summed E-state index contributed by atoms with van der Waals surface area (Å²) in [6.07, 6.45) is 0.